The van der Waals surface area contributed by atoms with Gasteiger partial charge >= 0.3 is 0 Å². The minimum absolute atomic E-state index is 0.00898. The Kier molecular flexibility index (Phi) is 7.15. The molecule has 6 heteroatoms. The van der Waals surface area contributed by atoms with Gasteiger partial charge in [-0.2, -0.15) is 0 Å². The number of morpholine rings is 1. The zero-order valence-corrected chi connectivity index (χ0v) is 13.0. The average Bonchev–Trinajstić information content (AvgIpc) is 2.55. The standard InChI is InChI=1S/C16H24N2O4/c1-20-8-9-22-15-5-3-2-4-13(15)11-18-16(19)10-14-12-21-7-6-17-14/h2-5,14,17H,6-12H2,1H3,(H,18,19). The molecule has 122 valence electrons. The molecule has 1 aliphatic heterocycles. The van der Waals surface area contributed by atoms with E-state index in [2.05, 4.69) is 10.6 Å². The van der Waals surface area contributed by atoms with Gasteiger partial charge in [-0.15, -0.1) is 0 Å². The largest absolute Gasteiger partial charge is 0.491 e. The van der Waals surface area contributed by atoms with Crippen LogP contribution in [0.15, 0.2) is 24.3 Å². The predicted octanol–water partition coefficient (Wildman–Crippen LogP) is 0.707. The average molecular weight is 308 g/mol. The smallest absolute Gasteiger partial charge is 0.221 e. The monoisotopic (exact) mass is 308 g/mol. The van der Waals surface area contributed by atoms with E-state index in [0.717, 1.165) is 17.9 Å². The Bertz CT molecular complexity index is 461. The van der Waals surface area contributed by atoms with Gasteiger partial charge in [0.05, 0.1) is 19.8 Å². The van der Waals surface area contributed by atoms with Crippen molar-refractivity contribution in [2.24, 2.45) is 0 Å². The first-order valence-corrected chi connectivity index (χ1v) is 7.57. The van der Waals surface area contributed by atoms with Crippen molar-refractivity contribution in [1.29, 1.82) is 0 Å². The maximum atomic E-state index is 12.0. The first-order chi connectivity index (χ1) is 10.8. The first kappa shape index (κ1) is 16.7. The van der Waals surface area contributed by atoms with Crippen LogP contribution in [0.2, 0.25) is 0 Å². The highest BCUT2D eigenvalue weighted by molar-refractivity contribution is 5.76. The lowest BCUT2D eigenvalue weighted by molar-refractivity contribution is -0.122. The number of rotatable bonds is 8. The molecule has 1 heterocycles. The van der Waals surface area contributed by atoms with Gasteiger partial charge < -0.3 is 24.8 Å². The molecule has 1 fully saturated rings. The summed E-state index contributed by atoms with van der Waals surface area (Å²) >= 11 is 0. The maximum absolute atomic E-state index is 12.0. The van der Waals surface area contributed by atoms with E-state index in [1.54, 1.807) is 7.11 Å². The van der Waals surface area contributed by atoms with Gasteiger partial charge in [0.1, 0.15) is 12.4 Å². The van der Waals surface area contributed by atoms with Gasteiger partial charge in [-0.05, 0) is 6.07 Å². The molecule has 1 saturated heterocycles. The van der Waals surface area contributed by atoms with Gasteiger partial charge in [0.15, 0.2) is 0 Å². The summed E-state index contributed by atoms with van der Waals surface area (Å²) < 4.78 is 16.0. The molecule has 0 aliphatic carbocycles. The molecule has 0 bridgehead atoms. The van der Waals surface area contributed by atoms with Crippen molar-refractivity contribution in [2.75, 3.05) is 40.1 Å². The fourth-order valence-corrected chi connectivity index (χ4v) is 2.27. The molecular formula is C16H24N2O4. The van der Waals surface area contributed by atoms with E-state index < -0.39 is 0 Å². The normalized spacial score (nSPS) is 18.0. The van der Waals surface area contributed by atoms with Crippen molar-refractivity contribution in [3.05, 3.63) is 29.8 Å². The number of ether oxygens (including phenoxy) is 3. The van der Waals surface area contributed by atoms with Gasteiger partial charge in [0, 0.05) is 38.2 Å². The van der Waals surface area contributed by atoms with Crippen LogP contribution in [0, 0.1) is 0 Å². The third-order valence-electron chi connectivity index (χ3n) is 3.42. The van der Waals surface area contributed by atoms with E-state index >= 15 is 0 Å². The second-order valence-electron chi connectivity index (χ2n) is 5.16. The van der Waals surface area contributed by atoms with Crippen LogP contribution in [-0.2, 0) is 20.8 Å². The van der Waals surface area contributed by atoms with Crippen molar-refractivity contribution in [2.45, 2.75) is 19.0 Å². The number of methoxy groups -OCH3 is 1. The molecule has 6 nitrogen and oxygen atoms in total. The predicted molar refractivity (Wildman–Crippen MR) is 82.9 cm³/mol. The van der Waals surface area contributed by atoms with Crippen molar-refractivity contribution >= 4 is 5.91 Å². The second-order valence-corrected chi connectivity index (χ2v) is 5.16. The topological polar surface area (TPSA) is 68.8 Å². The molecule has 0 radical (unpaired) electrons. The number of amides is 1. The summed E-state index contributed by atoms with van der Waals surface area (Å²) in [4.78, 5) is 12.0. The summed E-state index contributed by atoms with van der Waals surface area (Å²) in [6, 6.07) is 7.79. The van der Waals surface area contributed by atoms with Gasteiger partial charge in [-0.3, -0.25) is 4.79 Å². The molecule has 0 spiro atoms. The zero-order valence-electron chi connectivity index (χ0n) is 13.0. The molecule has 1 aromatic rings. The lowest BCUT2D eigenvalue weighted by Crippen LogP contribution is -2.44. The SMILES string of the molecule is COCCOc1ccccc1CNC(=O)CC1COCCN1. The Morgan fingerprint density at radius 2 is 2.27 bits per heavy atom. The number of para-hydroxylation sites is 1. The van der Waals surface area contributed by atoms with Crippen molar-refractivity contribution in [3.63, 3.8) is 0 Å². The number of nitrogens with one attached hydrogen (secondary N) is 2. The molecule has 1 aromatic carbocycles. The third-order valence-corrected chi connectivity index (χ3v) is 3.42. The lowest BCUT2D eigenvalue weighted by atomic mass is 10.1. The summed E-state index contributed by atoms with van der Waals surface area (Å²) in [5.74, 6) is 0.786. The van der Waals surface area contributed by atoms with Crippen LogP contribution in [0.25, 0.3) is 0 Å². The van der Waals surface area contributed by atoms with Crippen LogP contribution in [-0.4, -0.2) is 52.0 Å². The highest BCUT2D eigenvalue weighted by Crippen LogP contribution is 2.17. The highest BCUT2D eigenvalue weighted by Gasteiger charge is 2.16. The second kappa shape index (κ2) is 9.40. The van der Waals surface area contributed by atoms with Gasteiger partial charge in [0.25, 0.3) is 0 Å². The minimum atomic E-state index is 0.00898. The molecule has 0 aromatic heterocycles. The van der Waals surface area contributed by atoms with E-state index in [9.17, 15) is 4.79 Å². The molecular weight excluding hydrogens is 284 g/mol. The molecule has 2 rings (SSSR count). The number of benzene rings is 1. The van der Waals surface area contributed by atoms with E-state index in [-0.39, 0.29) is 11.9 Å². The molecule has 1 atom stereocenters. The summed E-state index contributed by atoms with van der Waals surface area (Å²) in [6.07, 6.45) is 0.423. The van der Waals surface area contributed by atoms with Gasteiger partial charge in [-0.1, -0.05) is 18.2 Å². The van der Waals surface area contributed by atoms with Crippen molar-refractivity contribution in [1.82, 2.24) is 10.6 Å². The summed E-state index contributed by atoms with van der Waals surface area (Å²) in [5, 5.41) is 6.20. The molecule has 1 amide bonds. The quantitative estimate of drug-likeness (QED) is 0.692. The Morgan fingerprint density at radius 1 is 1.41 bits per heavy atom. The van der Waals surface area contributed by atoms with Crippen LogP contribution in [0.3, 0.4) is 0 Å². The van der Waals surface area contributed by atoms with Crippen LogP contribution in [0.4, 0.5) is 0 Å². The molecule has 1 aliphatic rings. The number of carbonyl (C=O) groups excluding carboxylic acids is 1. The first-order valence-electron chi connectivity index (χ1n) is 7.57. The third kappa shape index (κ3) is 5.63. The van der Waals surface area contributed by atoms with Crippen molar-refractivity contribution < 1.29 is 19.0 Å². The molecule has 0 saturated carbocycles. The Balaban J connectivity index is 1.78. The lowest BCUT2D eigenvalue weighted by Gasteiger charge is -2.23. The van der Waals surface area contributed by atoms with Gasteiger partial charge in [0.2, 0.25) is 5.91 Å². The Hall–Kier alpha value is -1.63. The van der Waals surface area contributed by atoms with Crippen molar-refractivity contribution in [3.8, 4) is 5.75 Å². The maximum Gasteiger partial charge on any atom is 0.221 e. The summed E-state index contributed by atoms with van der Waals surface area (Å²) in [6.45, 7) is 3.58. The molecule has 1 unspecified atom stereocenters. The Labute approximate surface area is 131 Å². The molecule has 2 N–H and O–H groups in total. The Morgan fingerprint density at radius 3 is 3.05 bits per heavy atom. The summed E-state index contributed by atoms with van der Waals surface area (Å²) in [5.41, 5.74) is 0.958. The fraction of sp³-hybridized carbons (Fsp3) is 0.562. The van der Waals surface area contributed by atoms with Crippen LogP contribution in [0.1, 0.15) is 12.0 Å². The number of hydrogen-bond donors (Lipinski definition) is 2. The van der Waals surface area contributed by atoms with E-state index in [4.69, 9.17) is 14.2 Å². The van der Waals surface area contributed by atoms with Crippen LogP contribution >= 0.6 is 0 Å². The minimum Gasteiger partial charge on any atom is -0.491 e. The van der Waals surface area contributed by atoms with E-state index in [0.29, 0.717) is 39.4 Å². The van der Waals surface area contributed by atoms with Crippen LogP contribution < -0.4 is 15.4 Å². The number of carbonyl (C=O) groups is 1. The van der Waals surface area contributed by atoms with E-state index in [1.807, 2.05) is 24.3 Å². The summed E-state index contributed by atoms with van der Waals surface area (Å²) in [7, 11) is 1.64. The highest BCUT2D eigenvalue weighted by atomic mass is 16.5. The number of hydrogen-bond acceptors (Lipinski definition) is 5. The molecule has 22 heavy (non-hydrogen) atoms. The van der Waals surface area contributed by atoms with E-state index in [1.165, 1.54) is 0 Å². The van der Waals surface area contributed by atoms with Gasteiger partial charge in [-0.25, -0.2) is 0 Å². The van der Waals surface area contributed by atoms with Crippen LogP contribution in [0.5, 0.6) is 5.75 Å². The fourth-order valence-electron chi connectivity index (χ4n) is 2.27. The zero-order chi connectivity index (χ0) is 15.6.